The number of hydrogen-bond donors (Lipinski definition) is 2. The Bertz CT molecular complexity index is 1160. The minimum Gasteiger partial charge on any atom is -0.454 e. The Morgan fingerprint density at radius 1 is 1.27 bits per heavy atom. The van der Waals surface area contributed by atoms with Crippen LogP contribution in [0, 0.1) is 5.41 Å². The summed E-state index contributed by atoms with van der Waals surface area (Å²) in [6.45, 7) is 13.8. The average molecular weight is 470 g/mol. The van der Waals surface area contributed by atoms with Gasteiger partial charge in [0.25, 0.3) is 0 Å². The van der Waals surface area contributed by atoms with E-state index in [2.05, 4.69) is 52.1 Å². The summed E-state index contributed by atoms with van der Waals surface area (Å²) in [5.41, 5.74) is 8.68. The van der Waals surface area contributed by atoms with Crippen LogP contribution in [0.15, 0.2) is 41.2 Å². The van der Waals surface area contributed by atoms with Gasteiger partial charge in [0.1, 0.15) is 6.33 Å². The van der Waals surface area contributed by atoms with Crippen LogP contribution in [0.4, 0.5) is 11.5 Å². The molecule has 0 saturated carbocycles. The summed E-state index contributed by atoms with van der Waals surface area (Å²) >= 11 is 1.55. The molecule has 0 fully saturated rings. The minimum absolute atomic E-state index is 0.207. The number of aromatic nitrogens is 4. The van der Waals surface area contributed by atoms with Gasteiger partial charge in [0.05, 0.1) is 5.69 Å². The quantitative estimate of drug-likeness (QED) is 0.360. The highest BCUT2D eigenvalue weighted by Crippen LogP contribution is 2.44. The first kappa shape index (κ1) is 23.2. The largest absolute Gasteiger partial charge is 0.454 e. The number of nitrogen functional groups attached to an aromatic ring is 1. The van der Waals surface area contributed by atoms with Gasteiger partial charge < -0.3 is 30.0 Å². The molecule has 2 aromatic heterocycles. The number of anilines is 2. The van der Waals surface area contributed by atoms with Gasteiger partial charge in [0.15, 0.2) is 33.6 Å². The first-order chi connectivity index (χ1) is 15.8. The Hall–Kier alpha value is -2.98. The minimum atomic E-state index is 0.207. The number of hydrogen-bond acceptors (Lipinski definition) is 9. The van der Waals surface area contributed by atoms with E-state index in [-0.39, 0.29) is 12.2 Å². The molecule has 1 aliphatic heterocycles. The standard InChI is InChI=1S/C23H31N7O2S/c1-6-8-29(5)15-10-16-17(32-14-31-16)11-18(15)33-22-28-19-20(24)26-13-27-21(19)30(22)9-7-25-12-23(2,3)4/h6,10-11,13,25H,1,7-9,12,14H2,2-5H3,(H2,24,26,27). The maximum Gasteiger partial charge on any atom is 0.231 e. The molecule has 3 heterocycles. The number of imidazole rings is 1. The van der Waals surface area contributed by atoms with Crippen molar-refractivity contribution < 1.29 is 9.47 Å². The van der Waals surface area contributed by atoms with Crippen LogP contribution in [0.5, 0.6) is 11.5 Å². The van der Waals surface area contributed by atoms with Crippen molar-refractivity contribution in [2.45, 2.75) is 37.4 Å². The summed E-state index contributed by atoms with van der Waals surface area (Å²) < 4.78 is 13.3. The third-order valence-electron chi connectivity index (χ3n) is 5.16. The van der Waals surface area contributed by atoms with Gasteiger partial charge in [-0.05, 0) is 17.2 Å². The van der Waals surface area contributed by atoms with Gasteiger partial charge in [-0.1, -0.05) is 26.8 Å². The third-order valence-corrected chi connectivity index (χ3v) is 6.20. The van der Waals surface area contributed by atoms with E-state index in [9.17, 15) is 0 Å². The van der Waals surface area contributed by atoms with E-state index in [1.54, 1.807) is 11.8 Å². The molecule has 0 bridgehead atoms. The highest BCUT2D eigenvalue weighted by molar-refractivity contribution is 7.99. The van der Waals surface area contributed by atoms with E-state index in [4.69, 9.17) is 20.2 Å². The topological polar surface area (TPSA) is 103 Å². The van der Waals surface area contributed by atoms with Crippen LogP contribution in [0.3, 0.4) is 0 Å². The summed E-state index contributed by atoms with van der Waals surface area (Å²) in [5, 5.41) is 4.32. The lowest BCUT2D eigenvalue weighted by Gasteiger charge is -2.21. The van der Waals surface area contributed by atoms with Crippen LogP contribution in [-0.2, 0) is 6.54 Å². The van der Waals surface area contributed by atoms with E-state index in [1.807, 2.05) is 25.3 Å². The van der Waals surface area contributed by atoms with Crippen LogP contribution in [0.1, 0.15) is 20.8 Å². The van der Waals surface area contributed by atoms with E-state index >= 15 is 0 Å². The van der Waals surface area contributed by atoms with Crippen molar-refractivity contribution >= 4 is 34.4 Å². The summed E-state index contributed by atoms with van der Waals surface area (Å²) in [6.07, 6.45) is 3.35. The first-order valence-electron chi connectivity index (χ1n) is 10.9. The third kappa shape index (κ3) is 5.17. The van der Waals surface area contributed by atoms with E-state index < -0.39 is 0 Å². The molecule has 3 N–H and O–H groups in total. The Balaban J connectivity index is 1.70. The zero-order valence-electron chi connectivity index (χ0n) is 19.6. The molecule has 33 heavy (non-hydrogen) atoms. The van der Waals surface area contributed by atoms with Gasteiger partial charge in [-0.25, -0.2) is 15.0 Å². The molecule has 0 amide bonds. The van der Waals surface area contributed by atoms with Gasteiger partial charge in [-0.2, -0.15) is 0 Å². The summed E-state index contributed by atoms with van der Waals surface area (Å²) in [6, 6.07) is 4.00. The molecule has 4 rings (SSSR count). The molecular formula is C23H31N7O2S. The van der Waals surface area contributed by atoms with Crippen LogP contribution in [0.25, 0.3) is 11.2 Å². The zero-order valence-corrected chi connectivity index (χ0v) is 20.4. The van der Waals surface area contributed by atoms with Crippen molar-refractivity contribution in [1.82, 2.24) is 24.8 Å². The smallest absolute Gasteiger partial charge is 0.231 e. The lowest BCUT2D eigenvalue weighted by Crippen LogP contribution is -2.29. The number of benzene rings is 1. The number of nitrogens with zero attached hydrogens (tertiary/aromatic N) is 5. The Kier molecular flexibility index (Phi) is 6.66. The second-order valence-corrected chi connectivity index (χ2v) is 10.2. The fourth-order valence-electron chi connectivity index (χ4n) is 3.55. The van der Waals surface area contributed by atoms with Crippen molar-refractivity contribution in [3.8, 4) is 11.5 Å². The second kappa shape index (κ2) is 9.48. The molecule has 0 saturated heterocycles. The number of nitrogens with two attached hydrogens (primary N) is 1. The molecule has 10 heteroatoms. The van der Waals surface area contributed by atoms with Crippen molar-refractivity contribution in [3.63, 3.8) is 0 Å². The van der Waals surface area contributed by atoms with Crippen molar-refractivity contribution in [1.29, 1.82) is 0 Å². The summed E-state index contributed by atoms with van der Waals surface area (Å²) in [5.74, 6) is 1.83. The molecule has 0 atom stereocenters. The molecule has 9 nitrogen and oxygen atoms in total. The predicted molar refractivity (Wildman–Crippen MR) is 132 cm³/mol. The van der Waals surface area contributed by atoms with Crippen LogP contribution >= 0.6 is 11.8 Å². The predicted octanol–water partition coefficient (Wildman–Crippen LogP) is 3.55. The maximum absolute atomic E-state index is 6.13. The van der Waals surface area contributed by atoms with Crippen molar-refractivity contribution in [2.75, 3.05) is 44.1 Å². The summed E-state index contributed by atoms with van der Waals surface area (Å²) in [7, 11) is 2.02. The summed E-state index contributed by atoms with van der Waals surface area (Å²) in [4.78, 5) is 16.5. The average Bonchev–Trinajstić information content (AvgIpc) is 3.35. The number of rotatable bonds is 9. The van der Waals surface area contributed by atoms with Crippen LogP contribution < -0.4 is 25.4 Å². The highest BCUT2D eigenvalue weighted by Gasteiger charge is 2.23. The monoisotopic (exact) mass is 469 g/mol. The number of ether oxygens (including phenoxy) is 2. The van der Waals surface area contributed by atoms with Crippen molar-refractivity contribution in [3.05, 3.63) is 31.1 Å². The van der Waals surface area contributed by atoms with Crippen LogP contribution in [0.2, 0.25) is 0 Å². The molecule has 0 radical (unpaired) electrons. The SMILES string of the molecule is C=CCN(C)c1cc2c(cc1Sc1nc3c(N)ncnc3n1CCNCC(C)(C)C)OCO2. The fraction of sp³-hybridized carbons (Fsp3) is 0.435. The first-order valence-corrected chi connectivity index (χ1v) is 11.7. The van der Waals surface area contributed by atoms with Gasteiger partial charge in [0.2, 0.25) is 6.79 Å². The van der Waals surface area contributed by atoms with Crippen LogP contribution in [-0.4, -0.2) is 53.0 Å². The molecule has 0 aliphatic carbocycles. The lowest BCUT2D eigenvalue weighted by molar-refractivity contribution is 0.174. The van der Waals surface area contributed by atoms with Crippen molar-refractivity contribution in [2.24, 2.45) is 5.41 Å². The van der Waals surface area contributed by atoms with Gasteiger partial charge in [-0.3, -0.25) is 0 Å². The zero-order chi connectivity index (χ0) is 23.6. The number of fused-ring (bicyclic) bond motifs is 2. The fourth-order valence-corrected chi connectivity index (χ4v) is 4.66. The molecule has 3 aromatic rings. The molecule has 0 unspecified atom stereocenters. The Morgan fingerprint density at radius 3 is 2.76 bits per heavy atom. The molecule has 176 valence electrons. The molecule has 1 aliphatic rings. The number of likely N-dealkylation sites (N-methyl/N-ethyl adjacent to an activating group) is 1. The Labute approximate surface area is 198 Å². The maximum atomic E-state index is 6.13. The number of nitrogens with one attached hydrogen (secondary N) is 1. The normalized spacial score (nSPS) is 13.0. The second-order valence-electron chi connectivity index (χ2n) is 9.16. The lowest BCUT2D eigenvalue weighted by atomic mass is 9.97. The highest BCUT2D eigenvalue weighted by atomic mass is 32.2. The van der Waals surface area contributed by atoms with E-state index in [1.165, 1.54) is 6.33 Å². The van der Waals surface area contributed by atoms with Gasteiger partial charge >= 0.3 is 0 Å². The Morgan fingerprint density at radius 2 is 2.03 bits per heavy atom. The molecule has 0 spiro atoms. The van der Waals surface area contributed by atoms with Gasteiger partial charge in [0, 0.05) is 50.3 Å². The van der Waals surface area contributed by atoms with E-state index in [0.717, 1.165) is 46.0 Å². The molecular weight excluding hydrogens is 438 g/mol. The van der Waals surface area contributed by atoms with E-state index in [0.29, 0.717) is 24.4 Å². The van der Waals surface area contributed by atoms with Gasteiger partial charge in [-0.15, -0.1) is 6.58 Å². The molecule has 1 aromatic carbocycles.